The minimum atomic E-state index is -0.762. The summed E-state index contributed by atoms with van der Waals surface area (Å²) in [7, 11) is 0. The van der Waals surface area contributed by atoms with E-state index in [4.69, 9.17) is 5.11 Å². The molecule has 74 valence electrons. The monoisotopic (exact) mass is 185 g/mol. The smallest absolute Gasteiger partial charge is 0.303 e. The average molecular weight is 185 g/mol. The van der Waals surface area contributed by atoms with Crippen molar-refractivity contribution in [2.24, 2.45) is 5.41 Å². The first-order valence-corrected chi connectivity index (χ1v) is 4.40. The largest absolute Gasteiger partial charge is 0.481 e. The fraction of sp³-hybridized carbons (Fsp3) is 0.778. The van der Waals surface area contributed by atoms with Crippen LogP contribution in [0.2, 0.25) is 0 Å². The molecule has 1 amide bonds. The first-order valence-electron chi connectivity index (χ1n) is 4.40. The Balaban J connectivity index is 2.29. The normalized spacial score (nSPS) is 19.4. The summed E-state index contributed by atoms with van der Waals surface area (Å²) in [5, 5.41) is 8.49. The van der Waals surface area contributed by atoms with Crippen LogP contribution in [0, 0.1) is 5.41 Å². The van der Waals surface area contributed by atoms with Gasteiger partial charge in [-0.15, -0.1) is 0 Å². The van der Waals surface area contributed by atoms with Crippen LogP contribution in [-0.2, 0) is 9.59 Å². The van der Waals surface area contributed by atoms with Gasteiger partial charge in [0.1, 0.15) is 0 Å². The first kappa shape index (κ1) is 10.0. The van der Waals surface area contributed by atoms with Crippen molar-refractivity contribution >= 4 is 11.9 Å². The van der Waals surface area contributed by atoms with Crippen LogP contribution in [0.15, 0.2) is 0 Å². The summed E-state index contributed by atoms with van der Waals surface area (Å²) in [5.74, 6) is -0.685. The van der Waals surface area contributed by atoms with Crippen molar-refractivity contribution in [3.8, 4) is 0 Å². The van der Waals surface area contributed by atoms with Crippen LogP contribution in [0.1, 0.15) is 26.7 Å². The maximum Gasteiger partial charge on any atom is 0.303 e. The second-order valence-electron chi connectivity index (χ2n) is 4.08. The van der Waals surface area contributed by atoms with Crippen LogP contribution >= 0.6 is 0 Å². The predicted octanol–water partition coefficient (Wildman–Crippen LogP) is 0.720. The number of likely N-dealkylation sites (tertiary alicyclic amines) is 1. The Kier molecular flexibility index (Phi) is 2.59. The predicted molar refractivity (Wildman–Crippen MR) is 47.2 cm³/mol. The highest BCUT2D eigenvalue weighted by Crippen LogP contribution is 2.34. The van der Waals surface area contributed by atoms with E-state index in [9.17, 15) is 9.59 Å². The molecule has 0 unspecified atom stereocenters. The number of nitrogens with zero attached hydrogens (tertiary/aromatic N) is 1. The van der Waals surface area contributed by atoms with Gasteiger partial charge in [0, 0.05) is 31.8 Å². The van der Waals surface area contributed by atoms with Crippen LogP contribution in [0.25, 0.3) is 0 Å². The van der Waals surface area contributed by atoms with Crippen LogP contribution < -0.4 is 0 Å². The zero-order valence-corrected chi connectivity index (χ0v) is 8.04. The molecule has 0 radical (unpaired) electrons. The van der Waals surface area contributed by atoms with E-state index < -0.39 is 5.97 Å². The number of aliphatic carboxylic acids is 1. The second kappa shape index (κ2) is 3.36. The molecular formula is C9H15NO3. The number of carbonyl (C=O) groups excluding carboxylic acids is 1. The molecule has 4 heteroatoms. The van der Waals surface area contributed by atoms with E-state index in [2.05, 4.69) is 0 Å². The maximum absolute atomic E-state index is 10.9. The second-order valence-corrected chi connectivity index (χ2v) is 4.08. The molecule has 0 spiro atoms. The third kappa shape index (κ3) is 2.44. The van der Waals surface area contributed by atoms with Gasteiger partial charge in [0.05, 0.1) is 0 Å². The summed E-state index contributed by atoms with van der Waals surface area (Å²) in [6.45, 7) is 4.97. The van der Waals surface area contributed by atoms with Gasteiger partial charge in [0.25, 0.3) is 0 Å². The summed E-state index contributed by atoms with van der Waals surface area (Å²) in [6, 6.07) is 0. The molecule has 0 bridgehead atoms. The Morgan fingerprint density at radius 2 is 2.00 bits per heavy atom. The number of hydrogen-bond acceptors (Lipinski definition) is 2. The van der Waals surface area contributed by atoms with Crippen molar-refractivity contribution in [3.05, 3.63) is 0 Å². The Morgan fingerprint density at radius 3 is 2.38 bits per heavy atom. The zero-order chi connectivity index (χ0) is 10.1. The molecule has 1 aliphatic rings. The van der Waals surface area contributed by atoms with Crippen LogP contribution in [-0.4, -0.2) is 35.0 Å². The van der Waals surface area contributed by atoms with Crippen LogP contribution in [0.3, 0.4) is 0 Å². The van der Waals surface area contributed by atoms with E-state index in [1.807, 2.05) is 6.92 Å². The van der Waals surface area contributed by atoms with E-state index in [1.54, 1.807) is 4.90 Å². The lowest BCUT2D eigenvalue weighted by atomic mass is 9.78. The average Bonchev–Trinajstić information content (AvgIpc) is 1.95. The van der Waals surface area contributed by atoms with E-state index in [0.29, 0.717) is 19.5 Å². The molecule has 13 heavy (non-hydrogen) atoms. The van der Waals surface area contributed by atoms with Crippen LogP contribution in [0.4, 0.5) is 0 Å². The molecule has 4 nitrogen and oxygen atoms in total. The number of hydrogen-bond donors (Lipinski definition) is 1. The van der Waals surface area contributed by atoms with Crippen molar-refractivity contribution in [1.82, 2.24) is 4.90 Å². The molecule has 0 aromatic rings. The Hall–Kier alpha value is -1.06. The van der Waals surface area contributed by atoms with Gasteiger partial charge in [-0.3, -0.25) is 9.59 Å². The number of carboxylic acids is 1. The highest BCUT2D eigenvalue weighted by molar-refractivity contribution is 5.74. The standard InChI is InChI=1S/C9H15NO3/c1-7(11)10-5-9(2,6-10)4-3-8(12)13/h3-6H2,1-2H3,(H,12,13). The Labute approximate surface area is 77.5 Å². The molecule has 1 fully saturated rings. The van der Waals surface area contributed by atoms with E-state index in [0.717, 1.165) is 0 Å². The quantitative estimate of drug-likeness (QED) is 0.704. The number of amides is 1. The lowest BCUT2D eigenvalue weighted by Crippen LogP contribution is -2.56. The minimum Gasteiger partial charge on any atom is -0.481 e. The van der Waals surface area contributed by atoms with Gasteiger partial charge in [-0.1, -0.05) is 6.92 Å². The molecule has 0 atom stereocenters. The molecule has 1 aliphatic heterocycles. The van der Waals surface area contributed by atoms with Gasteiger partial charge in [-0.2, -0.15) is 0 Å². The van der Waals surface area contributed by atoms with Gasteiger partial charge in [0.15, 0.2) is 0 Å². The van der Waals surface area contributed by atoms with Crippen molar-refractivity contribution in [2.45, 2.75) is 26.7 Å². The third-order valence-electron chi connectivity index (χ3n) is 2.53. The molecule has 0 saturated carbocycles. The lowest BCUT2D eigenvalue weighted by molar-refractivity contribution is -0.142. The summed E-state index contributed by atoms with van der Waals surface area (Å²) >= 11 is 0. The number of carbonyl (C=O) groups is 2. The lowest BCUT2D eigenvalue weighted by Gasteiger charge is -2.47. The van der Waals surface area contributed by atoms with E-state index >= 15 is 0 Å². The topological polar surface area (TPSA) is 57.6 Å². The van der Waals surface area contributed by atoms with Gasteiger partial charge in [-0.25, -0.2) is 0 Å². The summed E-state index contributed by atoms with van der Waals surface area (Å²) < 4.78 is 0. The van der Waals surface area contributed by atoms with Gasteiger partial charge in [0.2, 0.25) is 5.91 Å². The fourth-order valence-electron chi connectivity index (χ4n) is 1.66. The van der Waals surface area contributed by atoms with E-state index in [-0.39, 0.29) is 17.7 Å². The van der Waals surface area contributed by atoms with Crippen molar-refractivity contribution in [2.75, 3.05) is 13.1 Å². The Morgan fingerprint density at radius 1 is 1.46 bits per heavy atom. The third-order valence-corrected chi connectivity index (χ3v) is 2.53. The molecule has 1 rings (SSSR count). The van der Waals surface area contributed by atoms with Crippen molar-refractivity contribution < 1.29 is 14.7 Å². The molecule has 1 heterocycles. The van der Waals surface area contributed by atoms with Crippen molar-refractivity contribution in [3.63, 3.8) is 0 Å². The summed E-state index contributed by atoms with van der Waals surface area (Å²) in [5.41, 5.74) is 0.0318. The molecule has 1 saturated heterocycles. The highest BCUT2D eigenvalue weighted by atomic mass is 16.4. The molecule has 1 N–H and O–H groups in total. The van der Waals surface area contributed by atoms with Gasteiger partial charge >= 0.3 is 5.97 Å². The fourth-order valence-corrected chi connectivity index (χ4v) is 1.66. The summed E-state index contributed by atoms with van der Waals surface area (Å²) in [4.78, 5) is 22.9. The van der Waals surface area contributed by atoms with Gasteiger partial charge in [-0.05, 0) is 6.42 Å². The Bertz CT molecular complexity index is 226. The molecule has 0 aliphatic carbocycles. The zero-order valence-electron chi connectivity index (χ0n) is 8.04. The van der Waals surface area contributed by atoms with Crippen LogP contribution in [0.5, 0.6) is 0 Å². The maximum atomic E-state index is 10.9. The number of rotatable bonds is 3. The first-order chi connectivity index (χ1) is 5.93. The highest BCUT2D eigenvalue weighted by Gasteiger charge is 2.39. The summed E-state index contributed by atoms with van der Waals surface area (Å²) in [6.07, 6.45) is 0.856. The minimum absolute atomic E-state index is 0.0318. The molecular weight excluding hydrogens is 170 g/mol. The van der Waals surface area contributed by atoms with E-state index in [1.165, 1.54) is 6.92 Å². The van der Waals surface area contributed by atoms with Crippen molar-refractivity contribution in [1.29, 1.82) is 0 Å². The number of carboxylic acid groups (broad SMARTS) is 1. The molecule has 0 aromatic carbocycles. The van der Waals surface area contributed by atoms with Gasteiger partial charge < -0.3 is 10.0 Å². The molecule has 0 aromatic heterocycles. The SMILES string of the molecule is CC(=O)N1CC(C)(CCC(=O)O)C1.